The fraction of sp³-hybridized carbons (Fsp3) is 0.400. The molecule has 2 aromatic rings. The Hall–Kier alpha value is -2.58. The molecule has 1 aromatic carbocycles. The van der Waals surface area contributed by atoms with Crippen molar-refractivity contribution < 1.29 is 22.8 Å². The normalized spacial score (nSPS) is 16.4. The lowest BCUT2D eigenvalue weighted by atomic mass is 9.95. The van der Waals surface area contributed by atoms with Gasteiger partial charge in [-0.15, -0.1) is 0 Å². The summed E-state index contributed by atoms with van der Waals surface area (Å²) < 4.78 is 37.2. The lowest BCUT2D eigenvalue weighted by molar-refractivity contribution is -0.186. The molecule has 3 rings (SSSR count). The van der Waals surface area contributed by atoms with Crippen LogP contribution in [0.4, 0.5) is 18.9 Å². The van der Waals surface area contributed by atoms with Crippen LogP contribution < -0.4 is 5.32 Å². The standard InChI is InChI=1S/C15H15F3N4O2/c16-15(17,18)14(24)22-5-3-9(4-6-22)13(23)21-10-1-2-11-12(7-10)20-8-19-11/h1-2,7-9H,3-6H2,(H,19,20)(H,21,23). The van der Waals surface area contributed by atoms with E-state index in [4.69, 9.17) is 0 Å². The average Bonchev–Trinajstić information content (AvgIpc) is 3.01. The number of nitrogens with one attached hydrogen (secondary N) is 2. The van der Waals surface area contributed by atoms with Crippen LogP contribution >= 0.6 is 0 Å². The third-order valence-corrected chi connectivity index (χ3v) is 4.08. The number of anilines is 1. The summed E-state index contributed by atoms with van der Waals surface area (Å²) in [5.74, 6) is -2.52. The van der Waals surface area contributed by atoms with Gasteiger partial charge in [-0.25, -0.2) is 4.98 Å². The van der Waals surface area contributed by atoms with Gasteiger partial charge in [0.2, 0.25) is 5.91 Å². The van der Waals surface area contributed by atoms with Gasteiger partial charge in [-0.1, -0.05) is 0 Å². The minimum Gasteiger partial charge on any atom is -0.345 e. The Morgan fingerprint density at radius 3 is 2.62 bits per heavy atom. The number of H-pyrrole nitrogens is 1. The second-order valence-corrected chi connectivity index (χ2v) is 5.69. The van der Waals surface area contributed by atoms with Gasteiger partial charge >= 0.3 is 12.1 Å². The molecule has 0 saturated carbocycles. The minimum atomic E-state index is -4.87. The Morgan fingerprint density at radius 1 is 1.25 bits per heavy atom. The Bertz CT molecular complexity index is 763. The summed E-state index contributed by atoms with van der Waals surface area (Å²) in [4.78, 5) is 31.2. The van der Waals surface area contributed by atoms with Crippen molar-refractivity contribution in [3.05, 3.63) is 24.5 Å². The van der Waals surface area contributed by atoms with E-state index in [0.29, 0.717) is 5.69 Å². The Kier molecular flexibility index (Phi) is 4.16. The van der Waals surface area contributed by atoms with Crippen molar-refractivity contribution in [1.29, 1.82) is 0 Å². The Labute approximate surface area is 135 Å². The van der Waals surface area contributed by atoms with Gasteiger partial charge in [0.15, 0.2) is 0 Å². The summed E-state index contributed by atoms with van der Waals surface area (Å²) >= 11 is 0. The predicted molar refractivity (Wildman–Crippen MR) is 80.1 cm³/mol. The number of alkyl halides is 3. The number of amides is 2. The SMILES string of the molecule is O=C(Nc1ccc2nc[nH]c2c1)C1CCN(C(=O)C(F)(F)F)CC1. The van der Waals surface area contributed by atoms with Crippen LogP contribution in [0.2, 0.25) is 0 Å². The van der Waals surface area contributed by atoms with Gasteiger partial charge in [-0.3, -0.25) is 9.59 Å². The number of rotatable bonds is 2. The third kappa shape index (κ3) is 3.34. The quantitative estimate of drug-likeness (QED) is 0.881. The molecular formula is C15H15F3N4O2. The van der Waals surface area contributed by atoms with Crippen LogP contribution in [0.25, 0.3) is 11.0 Å². The largest absolute Gasteiger partial charge is 0.471 e. The van der Waals surface area contributed by atoms with Gasteiger partial charge in [-0.05, 0) is 31.0 Å². The van der Waals surface area contributed by atoms with E-state index in [9.17, 15) is 22.8 Å². The summed E-state index contributed by atoms with van der Waals surface area (Å²) in [6, 6.07) is 5.21. The molecule has 6 nitrogen and oxygen atoms in total. The summed E-state index contributed by atoms with van der Waals surface area (Å²) in [6.07, 6.45) is -2.90. The van der Waals surface area contributed by atoms with E-state index < -0.39 is 18.0 Å². The van der Waals surface area contributed by atoms with Crippen molar-refractivity contribution >= 4 is 28.5 Å². The predicted octanol–water partition coefficient (Wildman–Crippen LogP) is 2.30. The van der Waals surface area contributed by atoms with Crippen LogP contribution in [0.3, 0.4) is 0 Å². The van der Waals surface area contributed by atoms with Gasteiger partial charge in [0, 0.05) is 24.7 Å². The number of fused-ring (bicyclic) bond motifs is 1. The molecular weight excluding hydrogens is 325 g/mol. The van der Waals surface area contributed by atoms with Crippen LogP contribution in [-0.2, 0) is 9.59 Å². The van der Waals surface area contributed by atoms with Crippen LogP contribution in [-0.4, -0.2) is 45.9 Å². The number of carbonyl (C=O) groups is 2. The second-order valence-electron chi connectivity index (χ2n) is 5.69. The molecule has 1 fully saturated rings. The summed E-state index contributed by atoms with van der Waals surface area (Å²) in [5, 5.41) is 2.76. The number of benzene rings is 1. The number of aromatic amines is 1. The van der Waals surface area contributed by atoms with Crippen molar-refractivity contribution in [2.45, 2.75) is 19.0 Å². The average molecular weight is 340 g/mol. The van der Waals surface area contributed by atoms with Crippen molar-refractivity contribution in [3.63, 3.8) is 0 Å². The molecule has 1 aliphatic rings. The zero-order valence-electron chi connectivity index (χ0n) is 12.6. The molecule has 1 saturated heterocycles. The maximum absolute atomic E-state index is 12.4. The minimum absolute atomic E-state index is 0.0734. The monoisotopic (exact) mass is 340 g/mol. The van der Waals surface area contributed by atoms with E-state index in [2.05, 4.69) is 15.3 Å². The van der Waals surface area contributed by atoms with Crippen molar-refractivity contribution in [1.82, 2.24) is 14.9 Å². The zero-order chi connectivity index (χ0) is 17.3. The van der Waals surface area contributed by atoms with E-state index in [1.807, 2.05) is 0 Å². The summed E-state index contributed by atoms with van der Waals surface area (Å²) in [6.45, 7) is -0.147. The van der Waals surface area contributed by atoms with E-state index in [1.165, 1.54) is 0 Å². The second kappa shape index (κ2) is 6.14. The molecule has 1 aromatic heterocycles. The van der Waals surface area contributed by atoms with E-state index in [1.54, 1.807) is 24.5 Å². The Morgan fingerprint density at radius 2 is 1.96 bits per heavy atom. The molecule has 0 atom stereocenters. The smallest absolute Gasteiger partial charge is 0.345 e. The number of hydrogen-bond donors (Lipinski definition) is 2. The molecule has 0 radical (unpaired) electrons. The van der Waals surface area contributed by atoms with Gasteiger partial charge < -0.3 is 15.2 Å². The molecule has 2 heterocycles. The summed E-state index contributed by atoms with van der Waals surface area (Å²) in [7, 11) is 0. The van der Waals surface area contributed by atoms with Crippen LogP contribution in [0.5, 0.6) is 0 Å². The maximum Gasteiger partial charge on any atom is 0.471 e. The van der Waals surface area contributed by atoms with Gasteiger partial charge in [0.1, 0.15) is 0 Å². The first-order valence-corrected chi connectivity index (χ1v) is 7.44. The number of imidazole rings is 1. The molecule has 0 aliphatic carbocycles. The first-order chi connectivity index (χ1) is 11.3. The fourth-order valence-corrected chi connectivity index (χ4v) is 2.78. The molecule has 0 bridgehead atoms. The highest BCUT2D eigenvalue weighted by molar-refractivity contribution is 5.94. The highest BCUT2D eigenvalue weighted by atomic mass is 19.4. The molecule has 2 N–H and O–H groups in total. The number of nitrogens with zero attached hydrogens (tertiary/aromatic N) is 2. The number of likely N-dealkylation sites (tertiary alicyclic amines) is 1. The lowest BCUT2D eigenvalue weighted by Crippen LogP contribution is -2.46. The highest BCUT2D eigenvalue weighted by Crippen LogP contribution is 2.25. The van der Waals surface area contributed by atoms with Crippen molar-refractivity contribution in [2.75, 3.05) is 18.4 Å². The molecule has 1 aliphatic heterocycles. The fourth-order valence-electron chi connectivity index (χ4n) is 2.78. The lowest BCUT2D eigenvalue weighted by Gasteiger charge is -2.31. The molecule has 128 valence electrons. The van der Waals surface area contributed by atoms with Gasteiger partial charge in [0.25, 0.3) is 0 Å². The Balaban J connectivity index is 1.58. The topological polar surface area (TPSA) is 78.1 Å². The van der Waals surface area contributed by atoms with Crippen molar-refractivity contribution in [3.8, 4) is 0 Å². The van der Waals surface area contributed by atoms with Crippen LogP contribution in [0, 0.1) is 5.92 Å². The third-order valence-electron chi connectivity index (χ3n) is 4.08. The number of piperidine rings is 1. The molecule has 0 spiro atoms. The molecule has 24 heavy (non-hydrogen) atoms. The number of aromatic nitrogens is 2. The molecule has 0 unspecified atom stereocenters. The zero-order valence-corrected chi connectivity index (χ0v) is 12.6. The van der Waals surface area contributed by atoms with E-state index in [0.717, 1.165) is 15.9 Å². The molecule has 2 amide bonds. The van der Waals surface area contributed by atoms with Crippen molar-refractivity contribution in [2.24, 2.45) is 5.92 Å². The first-order valence-electron chi connectivity index (χ1n) is 7.44. The number of halogens is 3. The van der Waals surface area contributed by atoms with Crippen LogP contribution in [0.1, 0.15) is 12.8 Å². The summed E-state index contributed by atoms with van der Waals surface area (Å²) in [5.41, 5.74) is 2.14. The highest BCUT2D eigenvalue weighted by Gasteiger charge is 2.43. The molecule has 9 heteroatoms. The first kappa shape index (κ1) is 16.3. The van der Waals surface area contributed by atoms with Gasteiger partial charge in [-0.2, -0.15) is 13.2 Å². The van der Waals surface area contributed by atoms with Crippen LogP contribution in [0.15, 0.2) is 24.5 Å². The van der Waals surface area contributed by atoms with E-state index in [-0.39, 0.29) is 31.8 Å². The van der Waals surface area contributed by atoms with E-state index >= 15 is 0 Å². The van der Waals surface area contributed by atoms with Gasteiger partial charge in [0.05, 0.1) is 17.4 Å². The maximum atomic E-state index is 12.4. The number of hydrogen-bond acceptors (Lipinski definition) is 3. The number of carbonyl (C=O) groups excluding carboxylic acids is 2.